The fraction of sp³-hybridized carbons (Fsp3) is 0.462. The Bertz CT molecular complexity index is 539. The molecule has 1 aromatic heterocycles. The van der Waals surface area contributed by atoms with Gasteiger partial charge in [0.1, 0.15) is 0 Å². The Balaban J connectivity index is 2.32. The summed E-state index contributed by atoms with van der Waals surface area (Å²) in [5.74, 6) is 0.814. The van der Waals surface area contributed by atoms with E-state index >= 15 is 0 Å². The summed E-state index contributed by atoms with van der Waals surface area (Å²) in [7, 11) is 0. The van der Waals surface area contributed by atoms with E-state index in [9.17, 15) is 0 Å². The molecule has 0 aliphatic heterocycles. The van der Waals surface area contributed by atoms with E-state index in [0.717, 1.165) is 23.0 Å². The fourth-order valence-corrected chi connectivity index (χ4v) is 2.40. The standard InChI is InChI=1S/C13H18ClN5/c1-4-15-9(2)13-16-17-18-19(13)10(3)11-7-5-6-8-12(11)14/h5-10,15H,4H2,1-3H3. The van der Waals surface area contributed by atoms with E-state index in [0.29, 0.717) is 0 Å². The predicted molar refractivity (Wildman–Crippen MR) is 75.2 cm³/mol. The van der Waals surface area contributed by atoms with Crippen LogP contribution in [0.3, 0.4) is 0 Å². The van der Waals surface area contributed by atoms with E-state index in [1.807, 2.05) is 42.8 Å². The van der Waals surface area contributed by atoms with Crippen LogP contribution in [0.5, 0.6) is 0 Å². The van der Waals surface area contributed by atoms with Gasteiger partial charge in [-0.3, -0.25) is 0 Å². The molecule has 6 heteroatoms. The van der Waals surface area contributed by atoms with Crippen molar-refractivity contribution in [3.63, 3.8) is 0 Å². The van der Waals surface area contributed by atoms with Gasteiger partial charge in [0.05, 0.1) is 12.1 Å². The first-order valence-electron chi connectivity index (χ1n) is 6.40. The maximum absolute atomic E-state index is 6.23. The van der Waals surface area contributed by atoms with Gasteiger partial charge >= 0.3 is 0 Å². The van der Waals surface area contributed by atoms with Crippen molar-refractivity contribution in [3.8, 4) is 0 Å². The molecule has 1 heterocycles. The van der Waals surface area contributed by atoms with Crippen LogP contribution >= 0.6 is 11.6 Å². The number of nitrogens with one attached hydrogen (secondary N) is 1. The highest BCUT2D eigenvalue weighted by atomic mass is 35.5. The summed E-state index contributed by atoms with van der Waals surface area (Å²) >= 11 is 6.23. The van der Waals surface area contributed by atoms with Gasteiger partial charge in [-0.25, -0.2) is 4.68 Å². The molecule has 0 saturated heterocycles. The number of benzene rings is 1. The van der Waals surface area contributed by atoms with Crippen LogP contribution < -0.4 is 5.32 Å². The van der Waals surface area contributed by atoms with Gasteiger partial charge in [0.25, 0.3) is 0 Å². The van der Waals surface area contributed by atoms with Crippen LogP contribution in [-0.2, 0) is 0 Å². The third-order valence-electron chi connectivity index (χ3n) is 3.14. The average Bonchev–Trinajstić information content (AvgIpc) is 2.88. The van der Waals surface area contributed by atoms with Crippen LogP contribution in [0.2, 0.25) is 5.02 Å². The van der Waals surface area contributed by atoms with E-state index < -0.39 is 0 Å². The highest BCUT2D eigenvalue weighted by Crippen LogP contribution is 2.26. The van der Waals surface area contributed by atoms with E-state index in [1.54, 1.807) is 0 Å². The highest BCUT2D eigenvalue weighted by Gasteiger charge is 2.20. The molecule has 19 heavy (non-hydrogen) atoms. The van der Waals surface area contributed by atoms with Crippen LogP contribution in [0.15, 0.2) is 24.3 Å². The molecular weight excluding hydrogens is 262 g/mol. The Morgan fingerprint density at radius 1 is 1.32 bits per heavy atom. The normalized spacial score (nSPS) is 14.3. The predicted octanol–water partition coefficient (Wildman–Crippen LogP) is 2.61. The molecule has 0 fully saturated rings. The van der Waals surface area contributed by atoms with Gasteiger partial charge in [-0.2, -0.15) is 0 Å². The Hall–Kier alpha value is -1.46. The van der Waals surface area contributed by atoms with Gasteiger partial charge in [0, 0.05) is 5.02 Å². The molecule has 0 radical (unpaired) electrons. The Kier molecular flexibility index (Phi) is 4.50. The summed E-state index contributed by atoms with van der Waals surface area (Å²) in [5, 5.41) is 16.0. The van der Waals surface area contributed by atoms with Crippen LogP contribution in [-0.4, -0.2) is 26.8 Å². The Morgan fingerprint density at radius 2 is 2.05 bits per heavy atom. The maximum atomic E-state index is 6.23. The van der Waals surface area contributed by atoms with Gasteiger partial charge in [0.15, 0.2) is 5.82 Å². The second-order valence-corrected chi connectivity index (χ2v) is 4.87. The molecule has 0 aliphatic carbocycles. The van der Waals surface area contributed by atoms with Crippen molar-refractivity contribution in [1.29, 1.82) is 0 Å². The molecule has 2 atom stereocenters. The molecule has 102 valence electrons. The summed E-state index contributed by atoms with van der Waals surface area (Å²) in [4.78, 5) is 0. The molecule has 0 saturated carbocycles. The van der Waals surface area contributed by atoms with Gasteiger partial charge in [0.2, 0.25) is 0 Å². The molecular formula is C13H18ClN5. The molecule has 1 N–H and O–H groups in total. The number of rotatable bonds is 5. The minimum Gasteiger partial charge on any atom is -0.308 e. The fourth-order valence-electron chi connectivity index (χ4n) is 2.10. The van der Waals surface area contributed by atoms with E-state index in [1.165, 1.54) is 0 Å². The van der Waals surface area contributed by atoms with E-state index in [2.05, 4.69) is 27.8 Å². The molecule has 1 aromatic carbocycles. The second kappa shape index (κ2) is 6.12. The lowest BCUT2D eigenvalue weighted by atomic mass is 10.1. The third kappa shape index (κ3) is 2.93. The number of aromatic nitrogens is 4. The second-order valence-electron chi connectivity index (χ2n) is 4.46. The van der Waals surface area contributed by atoms with Crippen molar-refractivity contribution in [1.82, 2.24) is 25.5 Å². The summed E-state index contributed by atoms with van der Waals surface area (Å²) in [6.45, 7) is 7.02. The molecule has 5 nitrogen and oxygen atoms in total. The van der Waals surface area contributed by atoms with Gasteiger partial charge < -0.3 is 5.32 Å². The molecule has 0 aliphatic rings. The molecule has 0 amide bonds. The van der Waals surface area contributed by atoms with Gasteiger partial charge in [-0.1, -0.05) is 36.7 Å². The third-order valence-corrected chi connectivity index (χ3v) is 3.48. The van der Waals surface area contributed by atoms with Crippen LogP contribution in [0.1, 0.15) is 44.2 Å². The zero-order chi connectivity index (χ0) is 13.8. The van der Waals surface area contributed by atoms with Crippen molar-refractivity contribution in [3.05, 3.63) is 40.7 Å². The minimum atomic E-state index is -0.000180. The first-order chi connectivity index (χ1) is 9.15. The Morgan fingerprint density at radius 3 is 2.74 bits per heavy atom. The first kappa shape index (κ1) is 14.0. The van der Waals surface area contributed by atoms with Gasteiger partial charge in [-0.15, -0.1) is 5.10 Å². The molecule has 2 rings (SSSR count). The van der Waals surface area contributed by atoms with Crippen molar-refractivity contribution in [2.24, 2.45) is 0 Å². The lowest BCUT2D eigenvalue weighted by molar-refractivity contribution is 0.471. The van der Waals surface area contributed by atoms with Crippen LogP contribution in [0, 0.1) is 0 Å². The van der Waals surface area contributed by atoms with Crippen molar-refractivity contribution in [2.75, 3.05) is 6.54 Å². The van der Waals surface area contributed by atoms with Crippen molar-refractivity contribution in [2.45, 2.75) is 32.9 Å². The number of halogens is 1. The molecule has 2 aromatic rings. The summed E-state index contributed by atoms with van der Waals surface area (Å²) in [6.07, 6.45) is 0. The lowest BCUT2D eigenvalue weighted by Gasteiger charge is -2.18. The van der Waals surface area contributed by atoms with Crippen LogP contribution in [0.25, 0.3) is 0 Å². The van der Waals surface area contributed by atoms with Crippen LogP contribution in [0.4, 0.5) is 0 Å². The Labute approximate surface area is 118 Å². The molecule has 0 bridgehead atoms. The van der Waals surface area contributed by atoms with E-state index in [-0.39, 0.29) is 12.1 Å². The molecule has 2 unspecified atom stereocenters. The maximum Gasteiger partial charge on any atom is 0.168 e. The highest BCUT2D eigenvalue weighted by molar-refractivity contribution is 6.31. The van der Waals surface area contributed by atoms with Gasteiger partial charge in [-0.05, 0) is 42.4 Å². The van der Waals surface area contributed by atoms with Crippen molar-refractivity contribution < 1.29 is 0 Å². The summed E-state index contributed by atoms with van der Waals surface area (Å²) < 4.78 is 1.81. The minimum absolute atomic E-state index is 0.000180. The monoisotopic (exact) mass is 279 g/mol. The largest absolute Gasteiger partial charge is 0.308 e. The SMILES string of the molecule is CCNC(C)c1nnnn1C(C)c1ccccc1Cl. The zero-order valence-corrected chi connectivity index (χ0v) is 12.1. The summed E-state index contributed by atoms with van der Waals surface area (Å²) in [6, 6.07) is 7.86. The number of hydrogen-bond donors (Lipinski definition) is 1. The average molecular weight is 280 g/mol. The smallest absolute Gasteiger partial charge is 0.168 e. The zero-order valence-electron chi connectivity index (χ0n) is 11.3. The topological polar surface area (TPSA) is 55.6 Å². The number of hydrogen-bond acceptors (Lipinski definition) is 4. The number of tetrazole rings is 1. The summed E-state index contributed by atoms with van der Waals surface area (Å²) in [5.41, 5.74) is 1.02. The number of nitrogens with zero attached hydrogens (tertiary/aromatic N) is 4. The quantitative estimate of drug-likeness (QED) is 0.914. The van der Waals surface area contributed by atoms with E-state index in [4.69, 9.17) is 11.6 Å². The molecule has 0 spiro atoms. The van der Waals surface area contributed by atoms with Crippen molar-refractivity contribution >= 4 is 11.6 Å². The lowest BCUT2D eigenvalue weighted by Crippen LogP contribution is -2.23. The first-order valence-corrected chi connectivity index (χ1v) is 6.78.